The summed E-state index contributed by atoms with van der Waals surface area (Å²) >= 11 is 3.29. The molecule has 17 heavy (non-hydrogen) atoms. The summed E-state index contributed by atoms with van der Waals surface area (Å²) < 4.78 is 2.33. The average Bonchev–Trinajstić information content (AvgIpc) is 2.36. The SMILES string of the molecule is O=[n+]1c2ccccc2n([O-])c2cc(Br)ccc21. The molecule has 0 aliphatic heterocycles. The summed E-state index contributed by atoms with van der Waals surface area (Å²) in [5.41, 5.74) is 1.46. The van der Waals surface area contributed by atoms with E-state index in [-0.39, 0.29) is 0 Å². The van der Waals surface area contributed by atoms with Crippen LogP contribution in [0, 0.1) is 10.1 Å². The maximum Gasteiger partial charge on any atom is 0.286 e. The van der Waals surface area contributed by atoms with E-state index in [2.05, 4.69) is 15.9 Å². The van der Waals surface area contributed by atoms with Crippen molar-refractivity contribution in [2.75, 3.05) is 0 Å². The Morgan fingerprint density at radius 3 is 2.59 bits per heavy atom. The van der Waals surface area contributed by atoms with Gasteiger partial charge >= 0.3 is 0 Å². The van der Waals surface area contributed by atoms with Crippen LogP contribution >= 0.6 is 15.9 Å². The van der Waals surface area contributed by atoms with Gasteiger partial charge in [-0.3, -0.25) is 0 Å². The quantitative estimate of drug-likeness (QED) is 0.472. The lowest BCUT2D eigenvalue weighted by Gasteiger charge is -2.13. The molecule has 0 unspecified atom stereocenters. The van der Waals surface area contributed by atoms with Crippen LogP contribution in [0.25, 0.3) is 22.1 Å². The Morgan fingerprint density at radius 1 is 1.06 bits per heavy atom. The number of hydrogen-bond acceptors (Lipinski definition) is 2. The number of para-hydroxylation sites is 2. The highest BCUT2D eigenvalue weighted by molar-refractivity contribution is 9.10. The van der Waals surface area contributed by atoms with Crippen LogP contribution in [-0.4, -0.2) is 4.73 Å². The van der Waals surface area contributed by atoms with Crippen molar-refractivity contribution in [3.63, 3.8) is 0 Å². The van der Waals surface area contributed by atoms with Crippen molar-refractivity contribution in [3.8, 4) is 0 Å². The molecule has 0 fully saturated rings. The molecule has 84 valence electrons. The Balaban J connectivity index is 2.68. The smallest absolute Gasteiger partial charge is 0.286 e. The number of halogens is 1. The van der Waals surface area contributed by atoms with E-state index in [9.17, 15) is 10.1 Å². The zero-order chi connectivity index (χ0) is 12.0. The van der Waals surface area contributed by atoms with Crippen LogP contribution in [0.1, 0.15) is 0 Å². The highest BCUT2D eigenvalue weighted by atomic mass is 79.9. The number of fused-ring (bicyclic) bond motifs is 2. The first-order valence-corrected chi connectivity index (χ1v) is 5.81. The van der Waals surface area contributed by atoms with Crippen LogP contribution in [0.4, 0.5) is 0 Å². The molecular formula is C12H7BrN2O2. The van der Waals surface area contributed by atoms with Gasteiger partial charge in [0.1, 0.15) is 11.0 Å². The minimum absolute atomic E-state index is 0.355. The summed E-state index contributed by atoms with van der Waals surface area (Å²) in [6.45, 7) is 0. The van der Waals surface area contributed by atoms with Gasteiger partial charge in [-0.25, -0.2) is 0 Å². The third-order valence-electron chi connectivity index (χ3n) is 2.69. The molecule has 5 heteroatoms. The molecule has 0 spiro atoms. The zero-order valence-electron chi connectivity index (χ0n) is 8.63. The molecule has 4 nitrogen and oxygen atoms in total. The fraction of sp³-hybridized carbons (Fsp3) is 0. The van der Waals surface area contributed by atoms with Crippen molar-refractivity contribution in [3.05, 3.63) is 57.1 Å². The fourth-order valence-corrected chi connectivity index (χ4v) is 2.25. The lowest BCUT2D eigenvalue weighted by Crippen LogP contribution is -2.19. The first-order chi connectivity index (χ1) is 8.18. The van der Waals surface area contributed by atoms with Gasteiger partial charge in [-0.2, -0.15) is 0 Å². The van der Waals surface area contributed by atoms with E-state index in [1.54, 1.807) is 42.5 Å². The van der Waals surface area contributed by atoms with Crippen molar-refractivity contribution in [2.45, 2.75) is 0 Å². The number of hydrogen-bond donors (Lipinski definition) is 0. The van der Waals surface area contributed by atoms with Gasteiger partial charge in [0.05, 0.1) is 4.43 Å². The van der Waals surface area contributed by atoms with Gasteiger partial charge in [-0.1, -0.05) is 28.1 Å². The van der Waals surface area contributed by atoms with Gasteiger partial charge in [0.15, 0.2) is 0 Å². The predicted octanol–water partition coefficient (Wildman–Crippen LogP) is 2.82. The molecule has 1 aromatic heterocycles. The summed E-state index contributed by atoms with van der Waals surface area (Å²) in [6, 6.07) is 11.8. The molecule has 0 aliphatic carbocycles. The second-order valence-electron chi connectivity index (χ2n) is 3.71. The Morgan fingerprint density at radius 2 is 1.76 bits per heavy atom. The number of benzene rings is 2. The third kappa shape index (κ3) is 1.43. The Kier molecular flexibility index (Phi) is 2.16. The molecule has 0 radical (unpaired) electrons. The van der Waals surface area contributed by atoms with Crippen molar-refractivity contribution in [1.82, 2.24) is 4.73 Å². The van der Waals surface area contributed by atoms with E-state index < -0.39 is 0 Å². The topological polar surface area (TPSA) is 51.0 Å². The van der Waals surface area contributed by atoms with Crippen molar-refractivity contribution in [2.24, 2.45) is 0 Å². The first kappa shape index (κ1) is 10.3. The minimum atomic E-state index is 0.355. The van der Waals surface area contributed by atoms with Crippen molar-refractivity contribution >= 4 is 38.0 Å². The molecule has 3 aromatic rings. The van der Waals surface area contributed by atoms with Crippen molar-refractivity contribution < 1.29 is 4.43 Å². The molecule has 0 saturated carbocycles. The maximum absolute atomic E-state index is 12.1. The predicted molar refractivity (Wildman–Crippen MR) is 69.3 cm³/mol. The van der Waals surface area contributed by atoms with Gasteiger partial charge in [-0.05, 0) is 18.2 Å². The lowest BCUT2D eigenvalue weighted by molar-refractivity contribution is -0.432. The van der Waals surface area contributed by atoms with Gasteiger partial charge in [0.25, 0.3) is 11.0 Å². The van der Waals surface area contributed by atoms with E-state index in [1.807, 2.05) is 0 Å². The number of nitrogens with zero attached hydrogens (tertiary/aromatic N) is 2. The summed E-state index contributed by atoms with van der Waals surface area (Å²) in [7, 11) is 0. The molecule has 3 rings (SSSR count). The summed E-state index contributed by atoms with van der Waals surface area (Å²) in [5, 5.41) is 12.1. The molecule has 0 amide bonds. The molecule has 0 aliphatic rings. The number of rotatable bonds is 0. The van der Waals surface area contributed by atoms with Gasteiger partial charge < -0.3 is 9.94 Å². The average molecular weight is 291 g/mol. The Hall–Kier alpha value is -1.88. The fourth-order valence-electron chi connectivity index (χ4n) is 1.90. The monoisotopic (exact) mass is 290 g/mol. The first-order valence-electron chi connectivity index (χ1n) is 5.01. The molecule has 1 heterocycles. The van der Waals surface area contributed by atoms with E-state index in [0.717, 1.165) is 13.6 Å². The highest BCUT2D eigenvalue weighted by Crippen LogP contribution is 2.20. The van der Waals surface area contributed by atoms with E-state index in [0.29, 0.717) is 22.1 Å². The molecule has 0 N–H and O–H groups in total. The maximum atomic E-state index is 12.1. The largest absolute Gasteiger partial charge is 0.805 e. The third-order valence-corrected chi connectivity index (χ3v) is 3.19. The minimum Gasteiger partial charge on any atom is -0.805 e. The second-order valence-corrected chi connectivity index (χ2v) is 4.63. The van der Waals surface area contributed by atoms with Gasteiger partial charge in [0, 0.05) is 21.5 Å². The lowest BCUT2D eigenvalue weighted by atomic mass is 10.2. The van der Waals surface area contributed by atoms with Crippen LogP contribution in [0.2, 0.25) is 0 Å². The van der Waals surface area contributed by atoms with E-state index in [4.69, 9.17) is 0 Å². The Bertz CT molecular complexity index is 795. The summed E-state index contributed by atoms with van der Waals surface area (Å²) in [5.74, 6) is 0. The van der Waals surface area contributed by atoms with Crippen LogP contribution in [0.15, 0.2) is 46.9 Å². The number of aromatic nitrogens is 2. The van der Waals surface area contributed by atoms with E-state index in [1.165, 1.54) is 0 Å². The molecule has 2 aromatic carbocycles. The standard InChI is InChI=1S/C12H7BrN2O2/c13-8-5-6-11-12(7-8)15(17)10-4-2-1-3-9(10)14(11)16/h1-7H. The molecular weight excluding hydrogens is 284 g/mol. The highest BCUT2D eigenvalue weighted by Gasteiger charge is 2.14. The van der Waals surface area contributed by atoms with Crippen molar-refractivity contribution in [1.29, 1.82) is 0 Å². The summed E-state index contributed by atoms with van der Waals surface area (Å²) in [6.07, 6.45) is 0. The van der Waals surface area contributed by atoms with Gasteiger partial charge in [0.2, 0.25) is 0 Å². The van der Waals surface area contributed by atoms with Crippen LogP contribution in [0.3, 0.4) is 0 Å². The van der Waals surface area contributed by atoms with Gasteiger partial charge in [-0.15, -0.1) is 0 Å². The molecule has 0 atom stereocenters. The molecule has 0 saturated heterocycles. The van der Waals surface area contributed by atoms with Crippen LogP contribution in [0.5, 0.6) is 0 Å². The Labute approximate surface area is 104 Å². The normalized spacial score (nSPS) is 11.1. The summed E-state index contributed by atoms with van der Waals surface area (Å²) in [4.78, 5) is 12.1. The zero-order valence-corrected chi connectivity index (χ0v) is 10.2. The second kappa shape index (κ2) is 3.56. The van der Waals surface area contributed by atoms with E-state index >= 15 is 0 Å². The van der Waals surface area contributed by atoms with Crippen LogP contribution in [-0.2, 0) is 0 Å². The molecule has 0 bridgehead atoms. The van der Waals surface area contributed by atoms with Crippen LogP contribution < -0.4 is 4.43 Å².